The summed E-state index contributed by atoms with van der Waals surface area (Å²) in [5.41, 5.74) is -2.07. The molecule has 98 valence electrons. The van der Waals surface area contributed by atoms with Gasteiger partial charge in [0.25, 0.3) is 11.2 Å². The number of non-ortho nitro benzene ring substituents is 1. The first-order valence-corrected chi connectivity index (χ1v) is 5.04. The first-order chi connectivity index (χ1) is 8.82. The third-order valence-electron chi connectivity index (χ3n) is 2.71. The fourth-order valence-electron chi connectivity index (χ4n) is 1.87. The van der Waals surface area contributed by atoms with Crippen molar-refractivity contribution in [2.24, 2.45) is 7.05 Å². The van der Waals surface area contributed by atoms with Gasteiger partial charge in [-0.3, -0.25) is 14.9 Å². The first kappa shape index (κ1) is 12.7. The summed E-state index contributed by atoms with van der Waals surface area (Å²) >= 11 is 0. The zero-order chi connectivity index (χ0) is 14.3. The van der Waals surface area contributed by atoms with Crippen LogP contribution in [0, 0.1) is 15.9 Å². The van der Waals surface area contributed by atoms with Crippen molar-refractivity contribution in [2.45, 2.75) is 0 Å². The van der Waals surface area contributed by atoms with Gasteiger partial charge in [0.2, 0.25) is 0 Å². The summed E-state index contributed by atoms with van der Waals surface area (Å²) in [7, 11) is 1.25. The van der Waals surface area contributed by atoms with Crippen molar-refractivity contribution in [3.05, 3.63) is 50.0 Å². The molecule has 1 aromatic carbocycles. The van der Waals surface area contributed by atoms with Gasteiger partial charge in [-0.1, -0.05) is 0 Å². The van der Waals surface area contributed by atoms with Crippen LogP contribution in [0.5, 0.6) is 0 Å². The maximum Gasteiger partial charge on any atom is 0.336 e. The Bertz CT molecular complexity index is 781. The number of carboxylic acids is 1. The molecule has 0 saturated carbocycles. The fourth-order valence-corrected chi connectivity index (χ4v) is 1.87. The highest BCUT2D eigenvalue weighted by Crippen LogP contribution is 2.27. The molecule has 1 aromatic heterocycles. The number of nitro groups is 1. The van der Waals surface area contributed by atoms with Gasteiger partial charge in [-0.2, -0.15) is 0 Å². The number of carboxylic acid groups (broad SMARTS) is 1. The molecule has 0 amide bonds. The quantitative estimate of drug-likeness (QED) is 0.651. The van der Waals surface area contributed by atoms with Gasteiger partial charge in [0.15, 0.2) is 0 Å². The highest BCUT2D eigenvalue weighted by atomic mass is 19.1. The van der Waals surface area contributed by atoms with Crippen molar-refractivity contribution in [3.63, 3.8) is 0 Å². The number of rotatable bonds is 2. The molecule has 1 N–H and O–H groups in total. The van der Waals surface area contributed by atoms with E-state index in [0.717, 1.165) is 16.7 Å². The van der Waals surface area contributed by atoms with Crippen LogP contribution in [-0.4, -0.2) is 20.6 Å². The van der Waals surface area contributed by atoms with Crippen molar-refractivity contribution in [3.8, 4) is 0 Å². The number of hydrogen-bond donors (Lipinski definition) is 1. The second-order valence-corrected chi connectivity index (χ2v) is 3.84. The van der Waals surface area contributed by atoms with Crippen molar-refractivity contribution in [1.82, 2.24) is 4.57 Å². The summed E-state index contributed by atoms with van der Waals surface area (Å²) in [5, 5.41) is 19.7. The van der Waals surface area contributed by atoms with Crippen LogP contribution in [-0.2, 0) is 7.05 Å². The van der Waals surface area contributed by atoms with E-state index in [-0.39, 0.29) is 10.9 Å². The molecule has 1 heterocycles. The highest BCUT2D eigenvalue weighted by molar-refractivity contribution is 6.04. The minimum absolute atomic E-state index is 0.193. The van der Waals surface area contributed by atoms with Gasteiger partial charge in [-0.25, -0.2) is 9.18 Å². The van der Waals surface area contributed by atoms with E-state index in [1.807, 2.05) is 0 Å². The molecule has 0 atom stereocenters. The van der Waals surface area contributed by atoms with Gasteiger partial charge in [-0.05, 0) is 6.07 Å². The first-order valence-electron chi connectivity index (χ1n) is 5.04. The van der Waals surface area contributed by atoms with E-state index >= 15 is 0 Å². The average Bonchev–Trinajstić information content (AvgIpc) is 2.32. The molecule has 0 aliphatic heterocycles. The molecule has 0 saturated heterocycles. The van der Waals surface area contributed by atoms with Gasteiger partial charge < -0.3 is 9.67 Å². The summed E-state index contributed by atoms with van der Waals surface area (Å²) in [4.78, 5) is 32.7. The smallest absolute Gasteiger partial charge is 0.336 e. The lowest BCUT2D eigenvalue weighted by Gasteiger charge is -2.08. The Hall–Kier alpha value is -2.77. The number of fused-ring (bicyclic) bond motifs is 1. The molecular formula is C11H7FN2O5. The van der Waals surface area contributed by atoms with Crippen LogP contribution in [0.25, 0.3) is 10.9 Å². The molecule has 7 nitrogen and oxygen atoms in total. The van der Waals surface area contributed by atoms with E-state index in [4.69, 9.17) is 5.11 Å². The Balaban J connectivity index is 3.13. The van der Waals surface area contributed by atoms with Crippen molar-refractivity contribution < 1.29 is 19.2 Å². The van der Waals surface area contributed by atoms with E-state index in [1.165, 1.54) is 7.05 Å². The number of aromatic carboxylic acids is 1. The van der Waals surface area contributed by atoms with E-state index < -0.39 is 33.5 Å². The predicted molar refractivity (Wildman–Crippen MR) is 62.8 cm³/mol. The molecule has 8 heteroatoms. The lowest BCUT2D eigenvalue weighted by Crippen LogP contribution is -2.19. The van der Waals surface area contributed by atoms with E-state index in [9.17, 15) is 24.1 Å². The number of pyridine rings is 1. The molecule has 0 spiro atoms. The fraction of sp³-hybridized carbons (Fsp3) is 0.0909. The Morgan fingerprint density at radius 3 is 2.58 bits per heavy atom. The summed E-state index contributed by atoms with van der Waals surface area (Å²) in [6, 6.07) is 2.30. The van der Waals surface area contributed by atoms with Crippen LogP contribution >= 0.6 is 0 Å². The van der Waals surface area contributed by atoms with Crippen LogP contribution in [0.1, 0.15) is 10.4 Å². The third kappa shape index (κ3) is 1.92. The number of aromatic nitrogens is 1. The molecule has 0 radical (unpaired) electrons. The third-order valence-corrected chi connectivity index (χ3v) is 2.71. The zero-order valence-corrected chi connectivity index (χ0v) is 9.58. The molecule has 0 bridgehead atoms. The summed E-state index contributed by atoms with van der Waals surface area (Å²) in [6.07, 6.45) is 0. The van der Waals surface area contributed by atoms with Crippen molar-refractivity contribution >= 4 is 22.6 Å². The minimum Gasteiger partial charge on any atom is -0.478 e. The van der Waals surface area contributed by atoms with Crippen LogP contribution in [0.15, 0.2) is 23.0 Å². The van der Waals surface area contributed by atoms with Crippen LogP contribution in [0.4, 0.5) is 10.1 Å². The normalized spacial score (nSPS) is 10.6. The molecule has 2 rings (SSSR count). The highest BCUT2D eigenvalue weighted by Gasteiger charge is 2.22. The molecule has 0 aliphatic rings. The molecular weight excluding hydrogens is 259 g/mol. The number of carbonyl (C=O) groups is 1. The van der Waals surface area contributed by atoms with E-state index in [1.54, 1.807) is 0 Å². The lowest BCUT2D eigenvalue weighted by molar-refractivity contribution is -0.383. The summed E-state index contributed by atoms with van der Waals surface area (Å²) in [5.74, 6) is -2.40. The van der Waals surface area contributed by atoms with Crippen LogP contribution < -0.4 is 5.56 Å². The Kier molecular flexibility index (Phi) is 2.78. The second kappa shape index (κ2) is 4.16. The van der Waals surface area contributed by atoms with Crippen molar-refractivity contribution in [1.29, 1.82) is 0 Å². The van der Waals surface area contributed by atoms with Gasteiger partial charge in [-0.15, -0.1) is 0 Å². The van der Waals surface area contributed by atoms with E-state index in [0.29, 0.717) is 6.07 Å². The number of halogens is 1. The largest absolute Gasteiger partial charge is 0.478 e. The number of nitro benzene ring substituents is 1. The SMILES string of the molecule is Cn1c(=O)cc(C(=O)O)c2cc(F)cc([N+](=O)[O-])c21. The molecule has 2 aromatic rings. The van der Waals surface area contributed by atoms with Crippen LogP contribution in [0.3, 0.4) is 0 Å². The Labute approximate surface area is 104 Å². The maximum atomic E-state index is 13.3. The standard InChI is InChI=1S/C11H7FN2O5/c1-13-9(15)4-7(11(16)17)6-2-5(12)3-8(10(6)13)14(18)19/h2-4H,1H3,(H,16,17). The molecule has 0 fully saturated rings. The number of nitrogens with zero attached hydrogens (tertiary/aromatic N) is 2. The van der Waals surface area contributed by atoms with Gasteiger partial charge in [0, 0.05) is 18.5 Å². The topological polar surface area (TPSA) is 102 Å². The second-order valence-electron chi connectivity index (χ2n) is 3.84. The summed E-state index contributed by atoms with van der Waals surface area (Å²) in [6.45, 7) is 0. The minimum atomic E-state index is -1.46. The summed E-state index contributed by atoms with van der Waals surface area (Å²) < 4.78 is 14.3. The Morgan fingerprint density at radius 1 is 1.42 bits per heavy atom. The lowest BCUT2D eigenvalue weighted by atomic mass is 10.1. The van der Waals surface area contributed by atoms with E-state index in [2.05, 4.69) is 0 Å². The molecule has 0 aliphatic carbocycles. The van der Waals surface area contributed by atoms with Gasteiger partial charge in [0.1, 0.15) is 11.3 Å². The Morgan fingerprint density at radius 2 is 2.05 bits per heavy atom. The van der Waals surface area contributed by atoms with Crippen molar-refractivity contribution in [2.75, 3.05) is 0 Å². The maximum absolute atomic E-state index is 13.3. The van der Waals surface area contributed by atoms with Gasteiger partial charge >= 0.3 is 5.97 Å². The number of hydrogen-bond acceptors (Lipinski definition) is 4. The monoisotopic (exact) mass is 266 g/mol. The molecule has 0 unspecified atom stereocenters. The number of aryl methyl sites for hydroxylation is 1. The molecule has 19 heavy (non-hydrogen) atoms. The van der Waals surface area contributed by atoms with Gasteiger partial charge in [0.05, 0.1) is 16.6 Å². The van der Waals surface area contributed by atoms with Crippen LogP contribution in [0.2, 0.25) is 0 Å². The number of benzene rings is 1. The zero-order valence-electron chi connectivity index (χ0n) is 9.58. The average molecular weight is 266 g/mol. The predicted octanol–water partition coefficient (Wildman–Crippen LogP) is 1.28.